The number of hydrogen-bond donors (Lipinski definition) is 4. The number of phosphoric acid groups is 1. The number of phosphoric ester groups is 1. The van der Waals surface area contributed by atoms with Gasteiger partial charge in [-0.1, -0.05) is 139 Å². The van der Waals surface area contributed by atoms with Crippen LogP contribution in [0.5, 0.6) is 0 Å². The minimum absolute atomic E-state index is 0.0721. The topological polar surface area (TPSA) is 131 Å². The van der Waals surface area contributed by atoms with E-state index >= 15 is 0 Å². The maximum atomic E-state index is 12.6. The number of nitrogens with one attached hydrogen (secondary N) is 1. The van der Waals surface area contributed by atoms with Crippen LogP contribution in [-0.2, 0) is 18.4 Å². The van der Waals surface area contributed by atoms with Gasteiger partial charge >= 0.3 is 7.82 Å². The van der Waals surface area contributed by atoms with E-state index in [9.17, 15) is 19.4 Å². The molecule has 5 N–H and O–H groups in total. The lowest BCUT2D eigenvalue weighted by atomic mass is 10.0. The van der Waals surface area contributed by atoms with Crippen LogP contribution in [0.4, 0.5) is 0 Å². The van der Waals surface area contributed by atoms with Gasteiger partial charge in [-0.05, 0) is 38.5 Å². The number of allylic oxidation sites excluding steroid dienone is 9. The molecule has 44 heavy (non-hydrogen) atoms. The van der Waals surface area contributed by atoms with Gasteiger partial charge in [0.05, 0.1) is 25.4 Å². The molecule has 0 spiro atoms. The van der Waals surface area contributed by atoms with E-state index in [4.69, 9.17) is 14.8 Å². The smallest absolute Gasteiger partial charge is 0.391 e. The van der Waals surface area contributed by atoms with Crippen LogP contribution in [0.3, 0.4) is 0 Å². The van der Waals surface area contributed by atoms with Crippen LogP contribution in [0.15, 0.2) is 60.8 Å². The Morgan fingerprint density at radius 3 is 1.73 bits per heavy atom. The van der Waals surface area contributed by atoms with E-state index in [1.807, 2.05) is 6.08 Å². The summed E-state index contributed by atoms with van der Waals surface area (Å²) >= 11 is 0. The number of hydrogen-bond acceptors (Lipinski definition) is 6. The number of carbonyl (C=O) groups excluding carboxylic acids is 1. The number of aliphatic hydroxyl groups excluding tert-OH is 1. The largest absolute Gasteiger partial charge is 0.472 e. The summed E-state index contributed by atoms with van der Waals surface area (Å²) in [6, 6.07) is -0.828. The molecule has 1 amide bonds. The quantitative estimate of drug-likeness (QED) is 0.0353. The van der Waals surface area contributed by atoms with Gasteiger partial charge in [0.2, 0.25) is 5.91 Å². The fourth-order valence-corrected chi connectivity index (χ4v) is 5.14. The van der Waals surface area contributed by atoms with Crippen LogP contribution in [0.2, 0.25) is 0 Å². The van der Waals surface area contributed by atoms with E-state index in [1.54, 1.807) is 6.08 Å². The van der Waals surface area contributed by atoms with E-state index in [-0.39, 0.29) is 32.1 Å². The molecule has 0 radical (unpaired) electrons. The Bertz CT molecular complexity index is 871. The number of unbranched alkanes of at least 4 members (excludes halogenated alkanes) is 9. The Morgan fingerprint density at radius 2 is 1.23 bits per heavy atom. The highest BCUT2D eigenvalue weighted by Gasteiger charge is 2.27. The Hall–Kier alpha value is -1.80. The van der Waals surface area contributed by atoms with Crippen molar-refractivity contribution in [1.82, 2.24) is 5.32 Å². The van der Waals surface area contributed by atoms with Crippen molar-refractivity contribution in [3.05, 3.63) is 60.8 Å². The molecule has 9 heteroatoms. The number of nitrogens with two attached hydrogens (primary N) is 1. The molecule has 254 valence electrons. The summed E-state index contributed by atoms with van der Waals surface area (Å²) in [4.78, 5) is 22.4. The zero-order valence-electron chi connectivity index (χ0n) is 27.6. The fourth-order valence-electron chi connectivity index (χ4n) is 4.38. The fraction of sp³-hybridized carbons (Fsp3) is 0.686. The summed E-state index contributed by atoms with van der Waals surface area (Å²) in [5.74, 6) is -0.294. The molecule has 3 atom stereocenters. The molecule has 3 unspecified atom stereocenters. The van der Waals surface area contributed by atoms with Gasteiger partial charge in [-0.25, -0.2) is 4.57 Å². The van der Waals surface area contributed by atoms with Crippen molar-refractivity contribution in [3.63, 3.8) is 0 Å². The van der Waals surface area contributed by atoms with Gasteiger partial charge < -0.3 is 21.1 Å². The number of amides is 1. The first-order valence-corrected chi connectivity index (χ1v) is 18.4. The van der Waals surface area contributed by atoms with Gasteiger partial charge in [0, 0.05) is 13.0 Å². The van der Waals surface area contributed by atoms with Gasteiger partial charge in [-0.3, -0.25) is 13.8 Å². The van der Waals surface area contributed by atoms with Gasteiger partial charge in [0.1, 0.15) is 0 Å². The summed E-state index contributed by atoms with van der Waals surface area (Å²) in [5, 5.41) is 13.6. The van der Waals surface area contributed by atoms with Crippen molar-refractivity contribution in [2.24, 2.45) is 5.73 Å². The molecular formula is C35H63N2O6P. The van der Waals surface area contributed by atoms with Crippen LogP contribution in [0.1, 0.15) is 123 Å². The zero-order chi connectivity index (χ0) is 32.6. The minimum atomic E-state index is -4.33. The Morgan fingerprint density at radius 1 is 0.750 bits per heavy atom. The first kappa shape index (κ1) is 42.2. The maximum Gasteiger partial charge on any atom is 0.472 e. The number of carbonyl (C=O) groups is 1. The van der Waals surface area contributed by atoms with Crippen molar-refractivity contribution in [2.45, 2.75) is 135 Å². The number of rotatable bonds is 30. The molecule has 0 aromatic heterocycles. The molecule has 0 aliphatic rings. The Labute approximate surface area is 268 Å². The minimum Gasteiger partial charge on any atom is -0.391 e. The standard InChI is InChI=1S/C35H63N2O6P/c1-3-5-7-9-11-13-15-16-17-18-19-21-23-25-27-29-35(39)37-33(32-43-44(40,41)42-31-30-36)34(38)28-26-24-22-20-14-12-10-8-6-4-2/h5,7,11,13,16-17,19,21,25,27,33-34,38H,3-4,6,8-10,12,14-15,18,20,22-24,26,28-32,36H2,1-2H3,(H,37,39)(H,40,41)/b7-5-,13-11-,17-16-,21-19-,27-25-. The van der Waals surface area contributed by atoms with E-state index < -0.39 is 20.0 Å². The van der Waals surface area contributed by atoms with Crippen LogP contribution >= 0.6 is 7.82 Å². The molecule has 0 rings (SSSR count). The summed E-state index contributed by atoms with van der Waals surface area (Å²) in [7, 11) is -4.33. The van der Waals surface area contributed by atoms with Gasteiger partial charge in [-0.15, -0.1) is 0 Å². The first-order chi connectivity index (χ1) is 21.4. The molecule has 0 bridgehead atoms. The predicted octanol–water partition coefficient (Wildman–Crippen LogP) is 8.38. The maximum absolute atomic E-state index is 12.6. The summed E-state index contributed by atoms with van der Waals surface area (Å²) in [5.41, 5.74) is 5.33. The third-order valence-electron chi connectivity index (χ3n) is 6.91. The lowest BCUT2D eigenvalue weighted by Gasteiger charge is -2.25. The Balaban J connectivity index is 4.51. The molecule has 0 aromatic carbocycles. The van der Waals surface area contributed by atoms with Crippen molar-refractivity contribution in [3.8, 4) is 0 Å². The van der Waals surface area contributed by atoms with Crippen molar-refractivity contribution >= 4 is 13.7 Å². The third-order valence-corrected chi connectivity index (χ3v) is 7.90. The summed E-state index contributed by atoms with van der Waals surface area (Å²) in [6.07, 6.45) is 36.8. The van der Waals surface area contributed by atoms with Crippen molar-refractivity contribution in [1.29, 1.82) is 0 Å². The van der Waals surface area contributed by atoms with Crippen molar-refractivity contribution in [2.75, 3.05) is 19.8 Å². The lowest BCUT2D eigenvalue weighted by molar-refractivity contribution is -0.122. The SMILES string of the molecule is CC/C=C\C/C=C\C/C=C\C/C=C\C/C=C\CC(=O)NC(COP(=O)(O)OCCN)C(O)CCCCCCCCCCCC. The number of aliphatic hydroxyl groups is 1. The monoisotopic (exact) mass is 638 g/mol. The van der Waals surface area contributed by atoms with E-state index in [0.717, 1.165) is 44.9 Å². The van der Waals surface area contributed by atoms with Crippen molar-refractivity contribution < 1.29 is 28.4 Å². The highest BCUT2D eigenvalue weighted by molar-refractivity contribution is 7.47. The van der Waals surface area contributed by atoms with Gasteiger partial charge in [0.25, 0.3) is 0 Å². The van der Waals surface area contributed by atoms with E-state index in [1.165, 1.54) is 44.9 Å². The second-order valence-corrected chi connectivity index (χ2v) is 12.5. The second-order valence-electron chi connectivity index (χ2n) is 11.0. The molecule has 0 aliphatic carbocycles. The first-order valence-electron chi connectivity index (χ1n) is 16.9. The third kappa shape index (κ3) is 28.9. The van der Waals surface area contributed by atoms with Gasteiger partial charge in [0.15, 0.2) is 0 Å². The molecule has 0 aromatic rings. The highest BCUT2D eigenvalue weighted by Crippen LogP contribution is 2.43. The molecule has 0 fully saturated rings. The normalized spacial score (nSPS) is 15.3. The highest BCUT2D eigenvalue weighted by atomic mass is 31.2. The average molecular weight is 639 g/mol. The second kappa shape index (κ2) is 31.2. The predicted molar refractivity (Wildman–Crippen MR) is 184 cm³/mol. The van der Waals surface area contributed by atoms with Crippen LogP contribution in [0, 0.1) is 0 Å². The van der Waals surface area contributed by atoms with E-state index in [2.05, 4.69) is 67.8 Å². The molecule has 0 saturated heterocycles. The molecule has 8 nitrogen and oxygen atoms in total. The molecular weight excluding hydrogens is 575 g/mol. The summed E-state index contributed by atoms with van der Waals surface area (Å²) < 4.78 is 21.9. The van der Waals surface area contributed by atoms with E-state index in [0.29, 0.717) is 12.8 Å². The van der Waals surface area contributed by atoms with Crippen LogP contribution < -0.4 is 11.1 Å². The zero-order valence-corrected chi connectivity index (χ0v) is 28.5. The average Bonchev–Trinajstić information content (AvgIpc) is 3.01. The van der Waals surface area contributed by atoms with Crippen LogP contribution in [-0.4, -0.2) is 47.8 Å². The van der Waals surface area contributed by atoms with Crippen LogP contribution in [0.25, 0.3) is 0 Å². The molecule has 0 saturated carbocycles. The molecule has 0 heterocycles. The molecule has 0 aliphatic heterocycles. The van der Waals surface area contributed by atoms with Gasteiger partial charge in [-0.2, -0.15) is 0 Å². The Kier molecular flexibility index (Phi) is 29.9. The summed E-state index contributed by atoms with van der Waals surface area (Å²) in [6.45, 7) is 3.96. The lowest BCUT2D eigenvalue weighted by Crippen LogP contribution is -2.46.